The molecule has 6 heteroatoms. The number of fused-ring (bicyclic) bond motifs is 1. The van der Waals surface area contributed by atoms with Gasteiger partial charge < -0.3 is 15.4 Å². The predicted molar refractivity (Wildman–Crippen MR) is 113 cm³/mol. The molecule has 1 aliphatic heterocycles. The van der Waals surface area contributed by atoms with Gasteiger partial charge in [0, 0.05) is 11.3 Å². The number of nitrogens with zero attached hydrogens (tertiary/aromatic N) is 1. The Morgan fingerprint density at radius 3 is 2.66 bits per heavy atom. The van der Waals surface area contributed by atoms with Gasteiger partial charge in [-0.15, -0.1) is 0 Å². The van der Waals surface area contributed by atoms with Crippen LogP contribution in [-0.2, 0) is 0 Å². The lowest BCUT2D eigenvalue weighted by Gasteiger charge is -2.31. The van der Waals surface area contributed by atoms with Gasteiger partial charge in [0.1, 0.15) is 11.6 Å². The van der Waals surface area contributed by atoms with E-state index >= 15 is 0 Å². The number of amides is 2. The molecular formula is C23H19N3O3. The van der Waals surface area contributed by atoms with Crippen LogP contribution < -0.4 is 20.3 Å². The smallest absolute Gasteiger partial charge is 0.266 e. The third kappa shape index (κ3) is 3.55. The topological polar surface area (TPSA) is 70.7 Å². The highest BCUT2D eigenvalue weighted by atomic mass is 16.5. The minimum atomic E-state index is -0.270. The van der Waals surface area contributed by atoms with Crippen molar-refractivity contribution in [2.45, 2.75) is 0 Å². The molecule has 0 spiro atoms. The van der Waals surface area contributed by atoms with Crippen molar-refractivity contribution in [3.8, 4) is 5.75 Å². The highest BCUT2D eigenvalue weighted by Gasteiger charge is 2.28. The van der Waals surface area contributed by atoms with Crippen molar-refractivity contribution in [2.75, 3.05) is 22.6 Å². The van der Waals surface area contributed by atoms with Gasteiger partial charge >= 0.3 is 0 Å². The molecular weight excluding hydrogens is 366 g/mol. The van der Waals surface area contributed by atoms with E-state index in [0.717, 1.165) is 5.69 Å². The lowest BCUT2D eigenvalue weighted by molar-refractivity contribution is 0.0992. The molecule has 0 atom stereocenters. The van der Waals surface area contributed by atoms with Gasteiger partial charge in [-0.2, -0.15) is 0 Å². The van der Waals surface area contributed by atoms with Gasteiger partial charge in [-0.1, -0.05) is 30.8 Å². The van der Waals surface area contributed by atoms with Crippen molar-refractivity contribution in [2.24, 2.45) is 0 Å². The van der Waals surface area contributed by atoms with Gasteiger partial charge in [0.25, 0.3) is 11.8 Å². The van der Waals surface area contributed by atoms with Crippen LogP contribution >= 0.6 is 0 Å². The van der Waals surface area contributed by atoms with Crippen LogP contribution in [0.3, 0.4) is 0 Å². The summed E-state index contributed by atoms with van der Waals surface area (Å²) in [4.78, 5) is 27.1. The second-order valence-corrected chi connectivity index (χ2v) is 6.49. The van der Waals surface area contributed by atoms with Crippen molar-refractivity contribution < 1.29 is 14.3 Å². The molecule has 6 nitrogen and oxygen atoms in total. The van der Waals surface area contributed by atoms with Gasteiger partial charge in [0.2, 0.25) is 0 Å². The average molecular weight is 385 g/mol. The average Bonchev–Trinajstić information content (AvgIpc) is 2.74. The van der Waals surface area contributed by atoms with E-state index in [-0.39, 0.29) is 11.8 Å². The fraction of sp³-hybridized carbons (Fsp3) is 0.0435. The number of anilines is 3. The molecule has 1 aliphatic rings. The van der Waals surface area contributed by atoms with Gasteiger partial charge in [-0.05, 0) is 48.5 Å². The van der Waals surface area contributed by atoms with E-state index < -0.39 is 0 Å². The van der Waals surface area contributed by atoms with Crippen molar-refractivity contribution in [1.29, 1.82) is 0 Å². The first kappa shape index (κ1) is 18.3. The molecule has 0 aliphatic carbocycles. The Bertz CT molecular complexity index is 1120. The number of nitrogens with one attached hydrogen (secondary N) is 2. The predicted octanol–water partition coefficient (Wildman–Crippen LogP) is 4.49. The van der Waals surface area contributed by atoms with Crippen LogP contribution in [0.1, 0.15) is 20.7 Å². The Hall–Kier alpha value is -4.06. The highest BCUT2D eigenvalue weighted by Crippen LogP contribution is 2.31. The summed E-state index contributed by atoms with van der Waals surface area (Å²) in [5, 5.41) is 6.00. The molecule has 0 saturated carbocycles. The Labute approximate surface area is 168 Å². The molecule has 0 saturated heterocycles. The zero-order valence-electron chi connectivity index (χ0n) is 15.8. The van der Waals surface area contributed by atoms with E-state index in [9.17, 15) is 9.59 Å². The summed E-state index contributed by atoms with van der Waals surface area (Å²) in [6, 6.07) is 21.2. The molecule has 4 rings (SSSR count). The van der Waals surface area contributed by atoms with E-state index in [1.54, 1.807) is 61.7 Å². The van der Waals surface area contributed by atoms with Crippen molar-refractivity contribution >= 4 is 28.9 Å². The largest absolute Gasteiger partial charge is 0.497 e. The molecule has 0 fully saturated rings. The first-order valence-electron chi connectivity index (χ1n) is 9.02. The normalized spacial score (nSPS) is 12.8. The number of ether oxygens (including phenoxy) is 1. The monoisotopic (exact) mass is 385 g/mol. The first-order valence-corrected chi connectivity index (χ1v) is 9.02. The third-order valence-corrected chi connectivity index (χ3v) is 4.60. The number of rotatable bonds is 4. The summed E-state index contributed by atoms with van der Waals surface area (Å²) in [7, 11) is 1.55. The molecule has 29 heavy (non-hydrogen) atoms. The van der Waals surface area contributed by atoms with Crippen molar-refractivity contribution in [3.63, 3.8) is 0 Å². The highest BCUT2D eigenvalue weighted by molar-refractivity contribution is 6.14. The Kier molecular flexibility index (Phi) is 4.75. The van der Waals surface area contributed by atoms with E-state index in [4.69, 9.17) is 4.74 Å². The first-order chi connectivity index (χ1) is 14.1. The van der Waals surface area contributed by atoms with Gasteiger partial charge in [0.15, 0.2) is 0 Å². The molecule has 3 aromatic rings. The number of carbonyl (C=O) groups excluding carboxylic acids is 2. The van der Waals surface area contributed by atoms with Crippen LogP contribution in [0.4, 0.5) is 17.1 Å². The Morgan fingerprint density at radius 1 is 1.03 bits per heavy atom. The number of hydrogen-bond acceptors (Lipinski definition) is 4. The summed E-state index contributed by atoms with van der Waals surface area (Å²) >= 11 is 0. The van der Waals surface area contributed by atoms with Crippen LogP contribution in [0, 0.1) is 0 Å². The van der Waals surface area contributed by atoms with Gasteiger partial charge in [-0.3, -0.25) is 14.5 Å². The van der Waals surface area contributed by atoms with Crippen LogP contribution in [0.2, 0.25) is 0 Å². The van der Waals surface area contributed by atoms with Crippen molar-refractivity contribution in [3.05, 3.63) is 96.3 Å². The maximum Gasteiger partial charge on any atom is 0.266 e. The third-order valence-electron chi connectivity index (χ3n) is 4.60. The maximum atomic E-state index is 13.0. The molecule has 3 aromatic carbocycles. The molecule has 0 bridgehead atoms. The van der Waals surface area contributed by atoms with Crippen LogP contribution in [0.15, 0.2) is 85.2 Å². The Balaban J connectivity index is 1.60. The molecule has 2 N–H and O–H groups in total. The second kappa shape index (κ2) is 7.52. The standard InChI is InChI=1S/C23H19N3O3/c1-15-24-21-12-4-3-11-20(21)23(28)26(15)18-9-6-8-17(14-18)25-22(27)16-7-5-10-19(13-16)29-2/h3-14,24H,1H2,2H3,(H,25,27). The van der Waals surface area contributed by atoms with E-state index in [2.05, 4.69) is 17.2 Å². The SMILES string of the molecule is C=C1Nc2ccccc2C(=O)N1c1cccc(NC(=O)c2cccc(OC)c2)c1. The zero-order chi connectivity index (χ0) is 20.4. The van der Waals surface area contributed by atoms with Crippen LogP contribution in [0.25, 0.3) is 0 Å². The fourth-order valence-corrected chi connectivity index (χ4v) is 3.20. The number of carbonyl (C=O) groups is 2. The molecule has 0 radical (unpaired) electrons. The van der Waals surface area contributed by atoms with Crippen LogP contribution in [-0.4, -0.2) is 18.9 Å². The Morgan fingerprint density at radius 2 is 1.83 bits per heavy atom. The summed E-state index contributed by atoms with van der Waals surface area (Å²) in [5.74, 6) is 0.602. The minimum Gasteiger partial charge on any atom is -0.497 e. The quantitative estimate of drug-likeness (QED) is 0.694. The van der Waals surface area contributed by atoms with Crippen LogP contribution in [0.5, 0.6) is 5.75 Å². The zero-order valence-corrected chi connectivity index (χ0v) is 15.8. The molecule has 2 amide bonds. The van der Waals surface area contributed by atoms with Crippen molar-refractivity contribution in [1.82, 2.24) is 0 Å². The summed E-state index contributed by atoms with van der Waals surface area (Å²) < 4.78 is 5.17. The molecule has 144 valence electrons. The summed E-state index contributed by atoms with van der Waals surface area (Å²) in [6.45, 7) is 3.97. The summed E-state index contributed by atoms with van der Waals surface area (Å²) in [6.07, 6.45) is 0. The minimum absolute atomic E-state index is 0.180. The van der Waals surface area contributed by atoms with E-state index in [1.807, 2.05) is 18.2 Å². The molecule has 0 aromatic heterocycles. The van der Waals surface area contributed by atoms with Gasteiger partial charge in [-0.25, -0.2) is 0 Å². The number of benzene rings is 3. The molecule has 0 unspecified atom stereocenters. The number of hydrogen-bond donors (Lipinski definition) is 2. The van der Waals surface area contributed by atoms with E-state index in [0.29, 0.717) is 34.1 Å². The van der Waals surface area contributed by atoms with Gasteiger partial charge in [0.05, 0.1) is 24.0 Å². The number of para-hydroxylation sites is 1. The molecule has 1 heterocycles. The number of methoxy groups -OCH3 is 1. The summed E-state index contributed by atoms with van der Waals surface area (Å²) in [5.41, 5.74) is 2.93. The lowest BCUT2D eigenvalue weighted by atomic mass is 10.1. The maximum absolute atomic E-state index is 13.0. The fourth-order valence-electron chi connectivity index (χ4n) is 3.20. The lowest BCUT2D eigenvalue weighted by Crippen LogP contribution is -2.37. The second-order valence-electron chi connectivity index (χ2n) is 6.49. The van der Waals surface area contributed by atoms with E-state index in [1.165, 1.54) is 4.90 Å².